The third-order valence-electron chi connectivity index (χ3n) is 6.61. The van der Waals surface area contributed by atoms with E-state index in [2.05, 4.69) is 16.3 Å². The van der Waals surface area contributed by atoms with Crippen LogP contribution in [-0.2, 0) is 15.1 Å². The number of hydrogen-bond acceptors (Lipinski definition) is 4. The highest BCUT2D eigenvalue weighted by molar-refractivity contribution is 5.99. The van der Waals surface area contributed by atoms with Crippen molar-refractivity contribution in [2.24, 2.45) is 0 Å². The van der Waals surface area contributed by atoms with Crippen LogP contribution >= 0.6 is 0 Å². The summed E-state index contributed by atoms with van der Waals surface area (Å²) in [6.07, 6.45) is 4.84. The largest absolute Gasteiger partial charge is 0.377 e. The van der Waals surface area contributed by atoms with Crippen molar-refractivity contribution in [3.63, 3.8) is 0 Å². The van der Waals surface area contributed by atoms with Crippen molar-refractivity contribution in [2.45, 2.75) is 37.0 Å². The van der Waals surface area contributed by atoms with Crippen molar-refractivity contribution < 1.29 is 14.6 Å². The first-order valence-electron chi connectivity index (χ1n) is 10.3. The molecule has 5 nitrogen and oxygen atoms in total. The topological polar surface area (TPSA) is 61.8 Å². The summed E-state index contributed by atoms with van der Waals surface area (Å²) >= 11 is 0. The smallest absolute Gasteiger partial charge is 0.257 e. The molecule has 3 unspecified atom stereocenters. The number of aliphatic hydroxyl groups is 1. The van der Waals surface area contributed by atoms with Crippen molar-refractivity contribution in [3.05, 3.63) is 70.8 Å². The number of amides is 1. The quantitative estimate of drug-likeness (QED) is 0.845. The molecule has 2 aromatic rings. The first-order valence-corrected chi connectivity index (χ1v) is 10.3. The van der Waals surface area contributed by atoms with Gasteiger partial charge in [-0.25, -0.2) is 0 Å². The number of rotatable bonds is 3. The lowest BCUT2D eigenvalue weighted by Crippen LogP contribution is -2.52. The highest BCUT2D eigenvalue weighted by Gasteiger charge is 2.49. The number of hydrogen-bond donors (Lipinski definition) is 2. The SMILES string of the molecule is COC1C(=O)Nc2ccc(/C=C3\CCN4CCCC34)cc2C1(O)c1ccccc1. The Balaban J connectivity index is 1.61. The number of carbonyl (C=O) groups excluding carboxylic acids is 1. The van der Waals surface area contributed by atoms with Crippen LogP contribution in [0.25, 0.3) is 6.08 Å². The molecule has 3 aliphatic rings. The first kappa shape index (κ1) is 18.6. The predicted octanol–water partition coefficient (Wildman–Crippen LogP) is 3.14. The zero-order chi connectivity index (χ0) is 20.0. The molecular formula is C24H26N2O3. The summed E-state index contributed by atoms with van der Waals surface area (Å²) in [5, 5.41) is 14.7. The lowest BCUT2D eigenvalue weighted by atomic mass is 9.77. The Kier molecular flexibility index (Phi) is 4.54. The summed E-state index contributed by atoms with van der Waals surface area (Å²) in [4.78, 5) is 15.2. The van der Waals surface area contributed by atoms with Crippen LogP contribution in [0.5, 0.6) is 0 Å². The summed E-state index contributed by atoms with van der Waals surface area (Å²) in [5.41, 5.74) is 2.92. The van der Waals surface area contributed by atoms with Gasteiger partial charge in [-0.15, -0.1) is 0 Å². The van der Waals surface area contributed by atoms with Gasteiger partial charge < -0.3 is 15.2 Å². The van der Waals surface area contributed by atoms with Crippen molar-refractivity contribution in [1.29, 1.82) is 0 Å². The van der Waals surface area contributed by atoms with E-state index in [0.29, 0.717) is 22.9 Å². The standard InChI is InChI=1S/C24H26N2O3/c1-29-22-23(27)25-20-10-9-16(14-17-11-13-26-12-5-8-21(17)26)15-19(20)24(22,28)18-6-3-2-4-7-18/h2-4,6-7,9-10,14-15,21-22,28H,5,8,11-13H2,1H3,(H,25,27)/b17-14+. The molecule has 2 fully saturated rings. The van der Waals surface area contributed by atoms with Gasteiger partial charge in [0, 0.05) is 30.9 Å². The molecule has 1 amide bonds. The molecule has 2 saturated heterocycles. The van der Waals surface area contributed by atoms with E-state index in [9.17, 15) is 9.90 Å². The van der Waals surface area contributed by atoms with Crippen molar-refractivity contribution in [1.82, 2.24) is 4.90 Å². The predicted molar refractivity (Wildman–Crippen MR) is 112 cm³/mol. The molecule has 3 aliphatic heterocycles. The molecule has 0 radical (unpaired) electrons. The van der Waals surface area contributed by atoms with Crippen LogP contribution in [-0.4, -0.2) is 48.3 Å². The van der Waals surface area contributed by atoms with E-state index >= 15 is 0 Å². The summed E-state index contributed by atoms with van der Waals surface area (Å²) < 4.78 is 5.48. The zero-order valence-corrected chi connectivity index (χ0v) is 16.6. The van der Waals surface area contributed by atoms with Gasteiger partial charge in [0.2, 0.25) is 0 Å². The third-order valence-corrected chi connectivity index (χ3v) is 6.61. The third kappa shape index (κ3) is 2.92. The van der Waals surface area contributed by atoms with E-state index in [1.54, 1.807) is 0 Å². The van der Waals surface area contributed by atoms with Gasteiger partial charge >= 0.3 is 0 Å². The number of benzene rings is 2. The highest BCUT2D eigenvalue weighted by atomic mass is 16.5. The van der Waals surface area contributed by atoms with Gasteiger partial charge in [-0.1, -0.05) is 48.0 Å². The molecule has 0 spiro atoms. The van der Waals surface area contributed by atoms with Crippen LogP contribution in [0, 0.1) is 0 Å². The number of nitrogens with zero attached hydrogens (tertiary/aromatic N) is 1. The van der Waals surface area contributed by atoms with Gasteiger partial charge in [0.1, 0.15) is 0 Å². The first-order chi connectivity index (χ1) is 14.1. The van der Waals surface area contributed by atoms with Crippen LogP contribution in [0.3, 0.4) is 0 Å². The van der Waals surface area contributed by atoms with E-state index in [4.69, 9.17) is 4.74 Å². The van der Waals surface area contributed by atoms with Crippen LogP contribution in [0.4, 0.5) is 5.69 Å². The molecule has 0 aliphatic carbocycles. The maximum absolute atomic E-state index is 12.7. The monoisotopic (exact) mass is 390 g/mol. The average molecular weight is 390 g/mol. The fourth-order valence-electron chi connectivity index (χ4n) is 5.22. The van der Waals surface area contributed by atoms with Crippen LogP contribution in [0.1, 0.15) is 36.0 Å². The van der Waals surface area contributed by atoms with Gasteiger partial charge in [0.25, 0.3) is 5.91 Å². The van der Waals surface area contributed by atoms with Crippen LogP contribution in [0.15, 0.2) is 54.1 Å². The van der Waals surface area contributed by atoms with E-state index in [1.807, 2.05) is 48.5 Å². The summed E-state index contributed by atoms with van der Waals surface area (Å²) in [7, 11) is 1.46. The molecular weight excluding hydrogens is 364 g/mol. The summed E-state index contributed by atoms with van der Waals surface area (Å²) in [6, 6.07) is 15.8. The van der Waals surface area contributed by atoms with Crippen LogP contribution < -0.4 is 5.32 Å². The molecule has 3 atom stereocenters. The van der Waals surface area contributed by atoms with Gasteiger partial charge in [-0.3, -0.25) is 9.69 Å². The van der Waals surface area contributed by atoms with E-state index in [-0.39, 0.29) is 5.91 Å². The molecule has 0 saturated carbocycles. The second-order valence-electron chi connectivity index (χ2n) is 8.21. The van der Waals surface area contributed by atoms with Gasteiger partial charge in [-0.2, -0.15) is 0 Å². The average Bonchev–Trinajstić information content (AvgIpc) is 3.35. The molecule has 2 aromatic carbocycles. The molecule has 29 heavy (non-hydrogen) atoms. The maximum atomic E-state index is 12.7. The van der Waals surface area contributed by atoms with Gasteiger partial charge in [0.15, 0.2) is 11.7 Å². The Labute approximate surface area is 171 Å². The molecule has 5 heteroatoms. The summed E-state index contributed by atoms with van der Waals surface area (Å²) in [5.74, 6) is -0.338. The van der Waals surface area contributed by atoms with Crippen molar-refractivity contribution >= 4 is 17.7 Å². The Morgan fingerprint density at radius 2 is 2.03 bits per heavy atom. The number of ether oxygens (including phenoxy) is 1. The van der Waals surface area contributed by atoms with Crippen molar-refractivity contribution in [2.75, 3.05) is 25.5 Å². The van der Waals surface area contributed by atoms with E-state index in [1.165, 1.54) is 32.1 Å². The second kappa shape index (κ2) is 7.10. The molecule has 5 rings (SSSR count). The molecule has 0 bridgehead atoms. The molecule has 150 valence electrons. The molecule has 2 N–H and O–H groups in total. The highest BCUT2D eigenvalue weighted by Crippen LogP contribution is 2.43. The molecule has 0 aromatic heterocycles. The van der Waals surface area contributed by atoms with Crippen molar-refractivity contribution in [3.8, 4) is 0 Å². The van der Waals surface area contributed by atoms with Gasteiger partial charge in [-0.05, 0) is 49.1 Å². The number of anilines is 1. The Morgan fingerprint density at radius 3 is 2.83 bits per heavy atom. The number of methoxy groups -OCH3 is 1. The normalized spacial score (nSPS) is 30.3. The zero-order valence-electron chi connectivity index (χ0n) is 16.6. The summed E-state index contributed by atoms with van der Waals surface area (Å²) in [6.45, 7) is 2.33. The van der Waals surface area contributed by atoms with E-state index in [0.717, 1.165) is 18.5 Å². The lowest BCUT2D eigenvalue weighted by Gasteiger charge is -2.40. The van der Waals surface area contributed by atoms with E-state index < -0.39 is 11.7 Å². The number of nitrogens with one attached hydrogen (secondary N) is 1. The lowest BCUT2D eigenvalue weighted by molar-refractivity contribution is -0.142. The minimum absolute atomic E-state index is 0.338. The van der Waals surface area contributed by atoms with Gasteiger partial charge in [0.05, 0.1) is 0 Å². The maximum Gasteiger partial charge on any atom is 0.257 e. The second-order valence-corrected chi connectivity index (χ2v) is 8.21. The minimum atomic E-state index is -1.54. The van der Waals surface area contributed by atoms with Crippen LogP contribution in [0.2, 0.25) is 0 Å². The number of fused-ring (bicyclic) bond motifs is 2. The Bertz CT molecular complexity index is 971. The number of carbonyl (C=O) groups is 1. The Morgan fingerprint density at radius 1 is 1.21 bits per heavy atom. The fourth-order valence-corrected chi connectivity index (χ4v) is 5.22. The minimum Gasteiger partial charge on any atom is -0.377 e. The Hall–Kier alpha value is -2.47. The molecule has 3 heterocycles. The fraction of sp³-hybridized carbons (Fsp3) is 0.375.